The highest BCUT2D eigenvalue weighted by Gasteiger charge is 2.36. The second-order valence-electron chi connectivity index (χ2n) is 9.36. The maximum Gasteiger partial charge on any atom is 0.457 e. The van der Waals surface area contributed by atoms with Crippen molar-refractivity contribution in [2.24, 2.45) is 9.03 Å². The van der Waals surface area contributed by atoms with E-state index in [2.05, 4.69) is 84.2 Å². The molecule has 0 fully saturated rings. The van der Waals surface area contributed by atoms with Crippen molar-refractivity contribution in [3.8, 4) is 0 Å². The van der Waals surface area contributed by atoms with Crippen molar-refractivity contribution in [3.05, 3.63) is 0 Å². The van der Waals surface area contributed by atoms with Crippen molar-refractivity contribution in [2.45, 2.75) is 97.8 Å². The van der Waals surface area contributed by atoms with Gasteiger partial charge < -0.3 is 5.11 Å². The number of hydrogen-bond acceptors (Lipinski definition) is 2. The molecule has 0 aliphatic rings. The van der Waals surface area contributed by atoms with Gasteiger partial charge in [-0.25, -0.2) is 14.0 Å². The Bertz CT molecular complexity index is 500. The van der Waals surface area contributed by atoms with Gasteiger partial charge in [0.05, 0.1) is 0 Å². The predicted molar refractivity (Wildman–Crippen MR) is 161 cm³/mol. The van der Waals surface area contributed by atoms with Gasteiger partial charge in [-0.3, -0.25) is 0 Å². The van der Waals surface area contributed by atoms with E-state index in [9.17, 15) is 0 Å². The van der Waals surface area contributed by atoms with Crippen molar-refractivity contribution in [3.63, 3.8) is 0 Å². The minimum absolute atomic E-state index is 0.250. The molecule has 0 aliphatic heterocycles. The molecule has 0 aliphatic carbocycles. The van der Waals surface area contributed by atoms with Crippen LogP contribution in [0.3, 0.4) is 0 Å². The number of aliphatic hydroxyl groups excluding tert-OH is 1. The average Bonchev–Trinajstić information content (AvgIpc) is 2.78. The van der Waals surface area contributed by atoms with Gasteiger partial charge in [0.25, 0.3) is 0 Å². The summed E-state index contributed by atoms with van der Waals surface area (Å²) in [6.45, 7) is 8.73. The number of hydrogen-bond donors (Lipinski definition) is 1. The molecule has 0 saturated carbocycles. The Balaban J connectivity index is 0. The van der Waals surface area contributed by atoms with Crippen molar-refractivity contribution < 1.29 is 5.11 Å². The summed E-state index contributed by atoms with van der Waals surface area (Å²) in [5, 5.41) is 7.57. The number of aliphatic hydroxyl groups is 1. The maximum atomic E-state index is 7.57. The van der Waals surface area contributed by atoms with Gasteiger partial charge in [0.2, 0.25) is 7.51 Å². The number of unbranched alkanes of at least 4 members (excludes halogenated alkanes) is 10. The van der Waals surface area contributed by atoms with Crippen LogP contribution in [-0.2, 0) is 0 Å². The quantitative estimate of drug-likeness (QED) is 0.133. The van der Waals surface area contributed by atoms with E-state index in [1.54, 1.807) is 6.92 Å². The van der Waals surface area contributed by atoms with Crippen LogP contribution in [0.25, 0.3) is 0 Å². The molecular formula is C24H60N6OP3+. The summed E-state index contributed by atoms with van der Waals surface area (Å²) in [5.74, 6) is 0. The zero-order chi connectivity index (χ0) is 26.4. The zero-order valence-electron chi connectivity index (χ0n) is 24.2. The third-order valence-corrected chi connectivity index (χ3v) is 12.3. The van der Waals surface area contributed by atoms with E-state index in [1.165, 1.54) is 77.0 Å². The molecule has 10 heteroatoms. The van der Waals surface area contributed by atoms with Gasteiger partial charge >= 0.3 is 8.01 Å². The van der Waals surface area contributed by atoms with Crippen molar-refractivity contribution in [1.82, 2.24) is 18.7 Å². The van der Waals surface area contributed by atoms with Crippen molar-refractivity contribution in [2.75, 3.05) is 62.0 Å². The summed E-state index contributed by atoms with van der Waals surface area (Å²) >= 11 is 0. The van der Waals surface area contributed by atoms with Gasteiger partial charge in [0, 0.05) is 29.1 Å². The molecule has 0 amide bonds. The Morgan fingerprint density at radius 2 is 0.971 bits per heavy atom. The second-order valence-corrected chi connectivity index (χ2v) is 15.6. The Hall–Kier alpha value is 0.560. The van der Waals surface area contributed by atoms with E-state index < -0.39 is 15.5 Å². The van der Waals surface area contributed by atoms with E-state index in [0.29, 0.717) is 0 Å². The highest BCUT2D eigenvalue weighted by atomic mass is 31.2. The summed E-state index contributed by atoms with van der Waals surface area (Å²) < 4.78 is 19.7. The number of nitrogens with zero attached hydrogens (tertiary/aromatic N) is 6. The fourth-order valence-electron chi connectivity index (χ4n) is 4.01. The summed E-state index contributed by atoms with van der Waals surface area (Å²) in [5.41, 5.74) is 0. The van der Waals surface area contributed by atoms with Crippen molar-refractivity contribution in [1.29, 1.82) is 0 Å². The van der Waals surface area contributed by atoms with Gasteiger partial charge in [-0.2, -0.15) is 0 Å². The monoisotopic (exact) mass is 541 g/mol. The van der Waals surface area contributed by atoms with Crippen LogP contribution in [0.4, 0.5) is 0 Å². The fourth-order valence-corrected chi connectivity index (χ4v) is 11.2. The normalized spacial score (nSPS) is 12.6. The van der Waals surface area contributed by atoms with Crippen LogP contribution in [0.5, 0.6) is 0 Å². The van der Waals surface area contributed by atoms with Gasteiger partial charge in [0.1, 0.15) is 0 Å². The van der Waals surface area contributed by atoms with E-state index in [0.717, 1.165) is 13.1 Å². The van der Waals surface area contributed by atoms with Crippen LogP contribution in [0.1, 0.15) is 97.8 Å². The summed E-state index contributed by atoms with van der Waals surface area (Å²) in [7, 11) is 12.7. The third-order valence-electron chi connectivity index (χ3n) is 5.71. The molecule has 0 bridgehead atoms. The molecule has 0 aromatic carbocycles. The Kier molecular flexibility index (Phi) is 25.8. The second kappa shape index (κ2) is 23.9. The average molecular weight is 542 g/mol. The molecule has 0 spiro atoms. The first-order valence-corrected chi connectivity index (χ1v) is 16.7. The SMILES string of the molecule is CCCCCCCCN(CCCCCCCC)[P+](=NP)N=P(N(C)C)(N(C)C)N(C)C.CCO. The van der Waals surface area contributed by atoms with E-state index in [-0.39, 0.29) is 6.61 Å². The molecule has 0 aromatic heterocycles. The Morgan fingerprint density at radius 3 is 1.26 bits per heavy atom. The molecule has 0 radical (unpaired) electrons. The third kappa shape index (κ3) is 15.6. The molecule has 2 unspecified atom stereocenters. The van der Waals surface area contributed by atoms with E-state index >= 15 is 0 Å². The molecular weight excluding hydrogens is 481 g/mol. The van der Waals surface area contributed by atoms with Gasteiger partial charge in [-0.05, 0) is 66.6 Å². The first-order chi connectivity index (χ1) is 16.2. The summed E-state index contributed by atoms with van der Waals surface area (Å²) in [4.78, 5) is 0. The lowest BCUT2D eigenvalue weighted by Crippen LogP contribution is -2.30. The van der Waals surface area contributed by atoms with Crippen LogP contribution < -0.4 is 0 Å². The maximum absolute atomic E-state index is 7.57. The molecule has 0 aromatic rings. The highest BCUT2D eigenvalue weighted by Crippen LogP contribution is 2.60. The summed E-state index contributed by atoms with van der Waals surface area (Å²) in [6.07, 6.45) is 16.0. The smallest absolute Gasteiger partial charge is 0.397 e. The topological polar surface area (TPSA) is 57.9 Å². The molecule has 7 nitrogen and oxygen atoms in total. The minimum atomic E-state index is -1.94. The molecule has 2 atom stereocenters. The van der Waals surface area contributed by atoms with Crippen LogP contribution in [0.2, 0.25) is 0 Å². The lowest BCUT2D eigenvalue weighted by molar-refractivity contribution is 0.318. The van der Waals surface area contributed by atoms with Gasteiger partial charge in [-0.1, -0.05) is 87.2 Å². The number of rotatable bonds is 19. The van der Waals surface area contributed by atoms with E-state index in [1.807, 2.05) is 0 Å². The van der Waals surface area contributed by atoms with Crippen LogP contribution in [0, 0.1) is 0 Å². The lowest BCUT2D eigenvalue weighted by atomic mass is 10.1. The predicted octanol–water partition coefficient (Wildman–Crippen LogP) is 7.92. The molecule has 1 N–H and O–H groups in total. The first-order valence-electron chi connectivity index (χ1n) is 13.4. The van der Waals surface area contributed by atoms with Crippen LogP contribution in [-0.4, -0.2) is 85.8 Å². The Labute approximate surface area is 217 Å². The van der Waals surface area contributed by atoms with Gasteiger partial charge in [-0.15, -0.1) is 0 Å². The molecule has 0 rings (SSSR count). The highest BCUT2D eigenvalue weighted by molar-refractivity contribution is 7.66. The zero-order valence-corrected chi connectivity index (χ0v) is 27.2. The van der Waals surface area contributed by atoms with E-state index in [4.69, 9.17) is 14.1 Å². The van der Waals surface area contributed by atoms with Crippen LogP contribution >= 0.6 is 24.9 Å². The molecule has 0 saturated heterocycles. The lowest BCUT2D eigenvalue weighted by Gasteiger charge is -2.38. The molecule has 206 valence electrons. The van der Waals surface area contributed by atoms with Crippen molar-refractivity contribution >= 4 is 24.9 Å². The standard InChI is InChI=1S/C22H54N6P3.C2H6O/c1-9-11-13-15-17-19-21-28(22-20-18-16-14-12-10-2)30(23-29)24-31(25(3)4,26(5)6)27(7)8;1-2-3/h9-22,29H2,1-8H3;3H,2H2,1H3/q+1;. The molecule has 0 heterocycles. The minimum Gasteiger partial charge on any atom is -0.397 e. The van der Waals surface area contributed by atoms with Crippen LogP contribution in [0.15, 0.2) is 9.03 Å². The van der Waals surface area contributed by atoms with Gasteiger partial charge in [0.15, 0.2) is 0 Å². The fraction of sp³-hybridized carbons (Fsp3) is 1.00. The Morgan fingerprint density at radius 1 is 0.647 bits per heavy atom. The summed E-state index contributed by atoms with van der Waals surface area (Å²) in [6, 6.07) is 0. The molecule has 34 heavy (non-hydrogen) atoms. The first kappa shape index (κ1) is 36.7. The largest absolute Gasteiger partial charge is 0.457 e.